The Bertz CT molecular complexity index is 754. The van der Waals surface area contributed by atoms with Crippen molar-refractivity contribution in [1.29, 1.82) is 0 Å². The highest BCUT2D eigenvalue weighted by Gasteiger charge is 2.34. The van der Waals surface area contributed by atoms with Gasteiger partial charge in [0.05, 0.1) is 12.2 Å². The maximum Gasteiger partial charge on any atom is 0.338 e. The zero-order chi connectivity index (χ0) is 15.7. The van der Waals surface area contributed by atoms with Crippen LogP contribution in [0.1, 0.15) is 25.5 Å². The number of rotatable bonds is 3. The molecule has 1 N–H and O–H groups in total. The van der Waals surface area contributed by atoms with Crippen molar-refractivity contribution in [2.24, 2.45) is 0 Å². The van der Waals surface area contributed by atoms with Gasteiger partial charge < -0.3 is 10.1 Å². The molecule has 22 heavy (non-hydrogen) atoms. The summed E-state index contributed by atoms with van der Waals surface area (Å²) < 4.78 is 7.85. The number of nitrogens with zero attached hydrogens (tertiary/aromatic N) is 3. The van der Waals surface area contributed by atoms with Crippen molar-refractivity contribution in [2.45, 2.75) is 19.9 Å². The Hall–Kier alpha value is -2.15. The molecule has 0 fully saturated rings. The third kappa shape index (κ3) is 2.52. The number of esters is 1. The number of aromatic nitrogens is 3. The van der Waals surface area contributed by atoms with Gasteiger partial charge in [-0.15, -0.1) is 0 Å². The van der Waals surface area contributed by atoms with Crippen LogP contribution in [0.25, 0.3) is 0 Å². The lowest BCUT2D eigenvalue weighted by molar-refractivity contribution is -0.139. The summed E-state index contributed by atoms with van der Waals surface area (Å²) in [6.07, 6.45) is 1.47. The zero-order valence-electron chi connectivity index (χ0n) is 12.2. The van der Waals surface area contributed by atoms with Gasteiger partial charge in [-0.1, -0.05) is 28.1 Å². The molecular weight excluding hydrogens is 348 g/mol. The van der Waals surface area contributed by atoms with E-state index in [-0.39, 0.29) is 12.0 Å². The molecular formula is C15H15BrN4O2. The van der Waals surface area contributed by atoms with Crippen molar-refractivity contribution >= 4 is 27.8 Å². The predicted octanol–water partition coefficient (Wildman–Crippen LogP) is 2.89. The molecule has 1 aromatic heterocycles. The van der Waals surface area contributed by atoms with Crippen LogP contribution in [0.15, 0.2) is 46.3 Å². The van der Waals surface area contributed by atoms with Crippen molar-refractivity contribution in [3.05, 3.63) is 51.9 Å². The quantitative estimate of drug-likeness (QED) is 0.850. The van der Waals surface area contributed by atoms with Crippen LogP contribution < -0.4 is 5.32 Å². The Kier molecular flexibility index (Phi) is 3.98. The molecule has 6 nitrogen and oxygen atoms in total. The lowest BCUT2D eigenvalue weighted by Crippen LogP contribution is -2.29. The topological polar surface area (TPSA) is 69.0 Å². The van der Waals surface area contributed by atoms with Crippen molar-refractivity contribution in [3.63, 3.8) is 0 Å². The number of allylic oxidation sites excluding steroid dienone is 1. The third-order valence-corrected chi connectivity index (χ3v) is 3.95. The van der Waals surface area contributed by atoms with Gasteiger partial charge in [0, 0.05) is 10.2 Å². The number of halogens is 1. The van der Waals surface area contributed by atoms with Gasteiger partial charge in [0.15, 0.2) is 0 Å². The Morgan fingerprint density at radius 1 is 1.50 bits per heavy atom. The smallest absolute Gasteiger partial charge is 0.338 e. The van der Waals surface area contributed by atoms with E-state index in [0.717, 1.165) is 15.7 Å². The number of anilines is 1. The predicted molar refractivity (Wildman–Crippen MR) is 85.3 cm³/mol. The van der Waals surface area contributed by atoms with Crippen molar-refractivity contribution in [1.82, 2.24) is 14.8 Å². The first-order chi connectivity index (χ1) is 10.6. The van der Waals surface area contributed by atoms with E-state index in [4.69, 9.17) is 4.74 Å². The maximum absolute atomic E-state index is 12.4. The molecule has 0 unspecified atom stereocenters. The molecule has 0 amide bonds. The van der Waals surface area contributed by atoms with Gasteiger partial charge in [-0.3, -0.25) is 0 Å². The highest BCUT2D eigenvalue weighted by atomic mass is 79.9. The number of ether oxygens (including phenoxy) is 1. The fourth-order valence-corrected chi connectivity index (χ4v) is 2.97. The van der Waals surface area contributed by atoms with E-state index in [1.807, 2.05) is 31.2 Å². The summed E-state index contributed by atoms with van der Waals surface area (Å²) in [5.41, 5.74) is 2.20. The van der Waals surface area contributed by atoms with Crippen molar-refractivity contribution in [2.75, 3.05) is 11.9 Å². The van der Waals surface area contributed by atoms with Gasteiger partial charge in [0.25, 0.3) is 0 Å². The van der Waals surface area contributed by atoms with Crippen LogP contribution in [0.2, 0.25) is 0 Å². The number of carbonyl (C=O) groups is 1. The van der Waals surface area contributed by atoms with Crippen molar-refractivity contribution in [3.8, 4) is 0 Å². The van der Waals surface area contributed by atoms with Crippen LogP contribution in [-0.2, 0) is 9.53 Å². The number of fused-ring (bicyclic) bond motifs is 1. The van der Waals surface area contributed by atoms with Gasteiger partial charge >= 0.3 is 5.97 Å². The fraction of sp³-hybridized carbons (Fsp3) is 0.267. The minimum absolute atomic E-state index is 0.324. The molecule has 2 heterocycles. The molecule has 0 saturated carbocycles. The minimum atomic E-state index is -0.365. The molecule has 0 saturated heterocycles. The van der Waals surface area contributed by atoms with E-state index in [0.29, 0.717) is 18.1 Å². The molecule has 0 bridgehead atoms. The molecule has 2 aromatic rings. The average Bonchev–Trinajstić information content (AvgIpc) is 2.93. The molecule has 0 radical (unpaired) electrons. The fourth-order valence-electron chi connectivity index (χ4n) is 2.55. The van der Waals surface area contributed by atoms with Crippen molar-refractivity contribution < 1.29 is 9.53 Å². The Labute approximate surface area is 136 Å². The van der Waals surface area contributed by atoms with Crippen LogP contribution in [-0.4, -0.2) is 27.3 Å². The number of nitrogens with one attached hydrogen (secondary N) is 1. The number of carbonyl (C=O) groups excluding carboxylic acids is 1. The Morgan fingerprint density at radius 3 is 3.05 bits per heavy atom. The third-order valence-electron chi connectivity index (χ3n) is 3.45. The second kappa shape index (κ2) is 5.92. The molecule has 1 aromatic carbocycles. The van der Waals surface area contributed by atoms with Gasteiger partial charge in [-0.05, 0) is 31.5 Å². The van der Waals surface area contributed by atoms with E-state index in [2.05, 4.69) is 31.3 Å². The second-order valence-electron chi connectivity index (χ2n) is 4.87. The maximum atomic E-state index is 12.4. The van der Waals surface area contributed by atoms with Gasteiger partial charge in [0.1, 0.15) is 12.4 Å². The minimum Gasteiger partial charge on any atom is -0.463 e. The Morgan fingerprint density at radius 2 is 2.32 bits per heavy atom. The summed E-state index contributed by atoms with van der Waals surface area (Å²) in [5, 5.41) is 7.36. The highest BCUT2D eigenvalue weighted by Crippen LogP contribution is 2.35. The molecule has 0 spiro atoms. The molecule has 114 valence electrons. The molecule has 0 aliphatic carbocycles. The van der Waals surface area contributed by atoms with E-state index in [1.54, 1.807) is 11.6 Å². The molecule has 7 heteroatoms. The summed E-state index contributed by atoms with van der Waals surface area (Å²) in [6, 6.07) is 7.42. The van der Waals surface area contributed by atoms with Crippen LogP contribution >= 0.6 is 15.9 Å². The van der Waals surface area contributed by atoms with E-state index in [1.165, 1.54) is 6.33 Å². The Balaban J connectivity index is 2.15. The van der Waals surface area contributed by atoms with E-state index in [9.17, 15) is 4.79 Å². The van der Waals surface area contributed by atoms with E-state index >= 15 is 0 Å². The normalized spacial score (nSPS) is 17.0. The van der Waals surface area contributed by atoms with Crippen LogP contribution in [0.4, 0.5) is 5.95 Å². The number of hydrogen-bond acceptors (Lipinski definition) is 5. The van der Waals surface area contributed by atoms with Crippen LogP contribution in [0, 0.1) is 0 Å². The largest absolute Gasteiger partial charge is 0.463 e. The summed E-state index contributed by atoms with van der Waals surface area (Å²) in [5.74, 6) is 0.258. The van der Waals surface area contributed by atoms with Gasteiger partial charge in [0.2, 0.25) is 5.95 Å². The van der Waals surface area contributed by atoms with Gasteiger partial charge in [-0.2, -0.15) is 10.1 Å². The summed E-state index contributed by atoms with van der Waals surface area (Å²) >= 11 is 3.47. The number of benzene rings is 1. The lowest BCUT2D eigenvalue weighted by Gasteiger charge is -2.28. The molecule has 1 aliphatic rings. The lowest BCUT2D eigenvalue weighted by atomic mass is 9.96. The van der Waals surface area contributed by atoms with Crippen LogP contribution in [0.3, 0.4) is 0 Å². The first kappa shape index (κ1) is 14.8. The highest BCUT2D eigenvalue weighted by molar-refractivity contribution is 9.10. The molecule has 3 rings (SSSR count). The zero-order valence-corrected chi connectivity index (χ0v) is 13.8. The first-order valence-corrected chi connectivity index (χ1v) is 7.71. The SMILES string of the molecule is CCOC(=O)C1=C(C)Nc2ncnn2[C@H]1c1cccc(Br)c1. The summed E-state index contributed by atoms with van der Waals surface area (Å²) in [7, 11) is 0. The van der Waals surface area contributed by atoms with E-state index < -0.39 is 0 Å². The standard InChI is InChI=1S/C15H15BrN4O2/c1-3-22-14(21)12-9(2)19-15-17-8-18-20(15)13(12)10-5-4-6-11(16)7-10/h4-8,13H,3H2,1-2H3,(H,17,18,19)/t13-/m0/s1. The van der Waals surface area contributed by atoms with Crippen LogP contribution in [0.5, 0.6) is 0 Å². The molecule has 1 aliphatic heterocycles. The second-order valence-corrected chi connectivity index (χ2v) is 5.79. The first-order valence-electron chi connectivity index (χ1n) is 6.91. The monoisotopic (exact) mass is 362 g/mol. The number of hydrogen-bond donors (Lipinski definition) is 1. The average molecular weight is 363 g/mol. The molecule has 1 atom stereocenters. The van der Waals surface area contributed by atoms with Gasteiger partial charge in [-0.25, -0.2) is 9.48 Å². The summed E-state index contributed by atoms with van der Waals surface area (Å²) in [6.45, 7) is 3.96. The summed E-state index contributed by atoms with van der Waals surface area (Å²) in [4.78, 5) is 16.6.